The molecule has 0 fully saturated rings. The van der Waals surface area contributed by atoms with Gasteiger partial charge in [0.15, 0.2) is 5.96 Å². The van der Waals surface area contributed by atoms with E-state index in [0.717, 1.165) is 38.7 Å². The van der Waals surface area contributed by atoms with Gasteiger partial charge in [0.2, 0.25) is 0 Å². The maximum absolute atomic E-state index is 5.05. The summed E-state index contributed by atoms with van der Waals surface area (Å²) >= 11 is 0. The van der Waals surface area contributed by atoms with Crippen molar-refractivity contribution >= 4 is 5.96 Å². The van der Waals surface area contributed by atoms with Gasteiger partial charge in [-0.1, -0.05) is 30.3 Å². The second-order valence-corrected chi connectivity index (χ2v) is 4.63. The Hall–Kier alpha value is -1.59. The fourth-order valence-electron chi connectivity index (χ4n) is 1.73. The fourth-order valence-corrected chi connectivity index (χ4v) is 1.73. The summed E-state index contributed by atoms with van der Waals surface area (Å²) in [6.07, 6.45) is 0. The highest BCUT2D eigenvalue weighted by Crippen LogP contribution is 1.96. The summed E-state index contributed by atoms with van der Waals surface area (Å²) in [6, 6.07) is 10.3. The van der Waals surface area contributed by atoms with Gasteiger partial charge < -0.3 is 20.3 Å². The van der Waals surface area contributed by atoms with Gasteiger partial charge in [0.1, 0.15) is 0 Å². The smallest absolute Gasteiger partial charge is 0.191 e. The van der Waals surface area contributed by atoms with Crippen molar-refractivity contribution in [2.24, 2.45) is 4.99 Å². The SMILES string of the molecule is CN=C(NCCN(C)CCOC)NCc1ccccc1. The van der Waals surface area contributed by atoms with E-state index in [-0.39, 0.29) is 0 Å². The molecule has 0 spiro atoms. The molecule has 0 saturated carbocycles. The van der Waals surface area contributed by atoms with E-state index >= 15 is 0 Å². The Kier molecular flexibility index (Phi) is 8.42. The molecule has 0 atom stereocenters. The first-order valence-corrected chi connectivity index (χ1v) is 6.92. The summed E-state index contributed by atoms with van der Waals surface area (Å²) in [4.78, 5) is 6.44. The van der Waals surface area contributed by atoms with E-state index in [2.05, 4.69) is 39.7 Å². The number of benzene rings is 1. The molecule has 0 saturated heterocycles. The average Bonchev–Trinajstić information content (AvgIpc) is 2.49. The predicted octanol–water partition coefficient (Wildman–Crippen LogP) is 0.930. The Labute approximate surface area is 122 Å². The number of hydrogen-bond donors (Lipinski definition) is 2. The van der Waals surface area contributed by atoms with Crippen LogP contribution in [0, 0.1) is 0 Å². The van der Waals surface area contributed by atoms with Crippen molar-refractivity contribution in [1.82, 2.24) is 15.5 Å². The fraction of sp³-hybridized carbons (Fsp3) is 0.533. The van der Waals surface area contributed by atoms with Gasteiger partial charge in [0.25, 0.3) is 0 Å². The second kappa shape index (κ2) is 10.2. The number of aliphatic imine (C=N–C) groups is 1. The van der Waals surface area contributed by atoms with Crippen LogP contribution in [0.5, 0.6) is 0 Å². The lowest BCUT2D eigenvalue weighted by Gasteiger charge is -2.17. The number of nitrogens with zero attached hydrogens (tertiary/aromatic N) is 2. The molecule has 1 rings (SSSR count). The molecule has 0 aromatic heterocycles. The number of ether oxygens (including phenoxy) is 1. The number of likely N-dealkylation sites (N-methyl/N-ethyl adjacent to an activating group) is 1. The Morgan fingerprint density at radius 3 is 2.60 bits per heavy atom. The van der Waals surface area contributed by atoms with Crippen LogP contribution in [0.3, 0.4) is 0 Å². The molecular formula is C15H26N4O. The zero-order valence-corrected chi connectivity index (χ0v) is 12.7. The van der Waals surface area contributed by atoms with Gasteiger partial charge in [0, 0.05) is 40.3 Å². The van der Waals surface area contributed by atoms with Gasteiger partial charge in [-0.2, -0.15) is 0 Å². The predicted molar refractivity (Wildman–Crippen MR) is 84.0 cm³/mol. The van der Waals surface area contributed by atoms with Crippen molar-refractivity contribution in [3.8, 4) is 0 Å². The average molecular weight is 278 g/mol. The minimum atomic E-state index is 0.761. The Morgan fingerprint density at radius 1 is 1.20 bits per heavy atom. The van der Waals surface area contributed by atoms with Crippen LogP contribution in [0.25, 0.3) is 0 Å². The molecule has 112 valence electrons. The van der Waals surface area contributed by atoms with Gasteiger partial charge in [-0.05, 0) is 12.6 Å². The van der Waals surface area contributed by atoms with Gasteiger partial charge in [-0.25, -0.2) is 0 Å². The summed E-state index contributed by atoms with van der Waals surface area (Å²) in [6.45, 7) is 4.29. The van der Waals surface area contributed by atoms with Crippen molar-refractivity contribution in [2.75, 3.05) is 47.4 Å². The van der Waals surface area contributed by atoms with Gasteiger partial charge >= 0.3 is 0 Å². The van der Waals surface area contributed by atoms with Crippen LogP contribution in [-0.2, 0) is 11.3 Å². The van der Waals surface area contributed by atoms with Gasteiger partial charge in [-0.15, -0.1) is 0 Å². The van der Waals surface area contributed by atoms with Crippen LogP contribution < -0.4 is 10.6 Å². The highest BCUT2D eigenvalue weighted by Gasteiger charge is 2.00. The molecule has 0 amide bonds. The first-order chi connectivity index (χ1) is 9.76. The minimum Gasteiger partial charge on any atom is -0.383 e. The quantitative estimate of drug-likeness (QED) is 0.549. The second-order valence-electron chi connectivity index (χ2n) is 4.63. The van der Waals surface area contributed by atoms with E-state index in [1.54, 1.807) is 14.2 Å². The molecule has 0 radical (unpaired) electrons. The van der Waals surface area contributed by atoms with Crippen molar-refractivity contribution in [3.63, 3.8) is 0 Å². The zero-order chi connectivity index (χ0) is 14.6. The van der Waals surface area contributed by atoms with Crippen LogP contribution in [0.2, 0.25) is 0 Å². The van der Waals surface area contributed by atoms with Crippen LogP contribution in [0.4, 0.5) is 0 Å². The zero-order valence-electron chi connectivity index (χ0n) is 12.7. The van der Waals surface area contributed by atoms with E-state index in [0.29, 0.717) is 0 Å². The maximum Gasteiger partial charge on any atom is 0.191 e. The standard InChI is InChI=1S/C15H26N4O/c1-16-15(17-9-10-19(2)11-12-20-3)18-13-14-7-5-4-6-8-14/h4-8H,9-13H2,1-3H3,(H2,16,17,18). The lowest BCUT2D eigenvalue weighted by atomic mass is 10.2. The third-order valence-electron chi connectivity index (χ3n) is 2.99. The number of guanidine groups is 1. The maximum atomic E-state index is 5.05. The molecule has 0 bridgehead atoms. The first-order valence-electron chi connectivity index (χ1n) is 6.92. The lowest BCUT2D eigenvalue weighted by molar-refractivity contribution is 0.162. The van der Waals surface area contributed by atoms with E-state index in [9.17, 15) is 0 Å². The minimum absolute atomic E-state index is 0.761. The van der Waals surface area contributed by atoms with Crippen LogP contribution in [-0.4, -0.2) is 58.3 Å². The summed E-state index contributed by atoms with van der Waals surface area (Å²) in [5.41, 5.74) is 1.24. The van der Waals surface area contributed by atoms with Gasteiger partial charge in [0.05, 0.1) is 6.61 Å². The number of methoxy groups -OCH3 is 1. The molecule has 1 aromatic carbocycles. The largest absolute Gasteiger partial charge is 0.383 e. The molecule has 1 aromatic rings. The topological polar surface area (TPSA) is 48.9 Å². The summed E-state index contributed by atoms with van der Waals surface area (Å²) < 4.78 is 5.05. The van der Waals surface area contributed by atoms with Crippen molar-refractivity contribution in [3.05, 3.63) is 35.9 Å². The molecule has 2 N–H and O–H groups in total. The van der Waals surface area contributed by atoms with E-state index < -0.39 is 0 Å². The summed E-state index contributed by atoms with van der Waals surface area (Å²) in [5.74, 6) is 0.828. The van der Waals surface area contributed by atoms with Crippen LogP contribution >= 0.6 is 0 Å². The Bertz CT molecular complexity index is 381. The molecule has 0 heterocycles. The molecule has 20 heavy (non-hydrogen) atoms. The third kappa shape index (κ3) is 7.11. The number of rotatable bonds is 8. The lowest BCUT2D eigenvalue weighted by Crippen LogP contribution is -2.41. The molecule has 5 heteroatoms. The highest BCUT2D eigenvalue weighted by atomic mass is 16.5. The van der Waals surface area contributed by atoms with E-state index in [1.165, 1.54) is 5.56 Å². The molecule has 0 aliphatic heterocycles. The summed E-state index contributed by atoms with van der Waals surface area (Å²) in [5, 5.41) is 6.60. The van der Waals surface area contributed by atoms with Crippen molar-refractivity contribution < 1.29 is 4.74 Å². The highest BCUT2D eigenvalue weighted by molar-refractivity contribution is 5.79. The normalized spacial score (nSPS) is 11.7. The molecular weight excluding hydrogens is 252 g/mol. The van der Waals surface area contributed by atoms with Crippen LogP contribution in [0.15, 0.2) is 35.3 Å². The number of hydrogen-bond acceptors (Lipinski definition) is 3. The molecule has 0 aliphatic rings. The van der Waals surface area contributed by atoms with Crippen molar-refractivity contribution in [1.29, 1.82) is 0 Å². The van der Waals surface area contributed by atoms with E-state index in [4.69, 9.17) is 4.74 Å². The first kappa shape index (κ1) is 16.5. The Balaban J connectivity index is 2.20. The monoisotopic (exact) mass is 278 g/mol. The van der Waals surface area contributed by atoms with E-state index in [1.807, 2.05) is 18.2 Å². The molecule has 0 unspecified atom stereocenters. The van der Waals surface area contributed by atoms with Crippen molar-refractivity contribution in [2.45, 2.75) is 6.54 Å². The molecule has 5 nitrogen and oxygen atoms in total. The van der Waals surface area contributed by atoms with Crippen LogP contribution in [0.1, 0.15) is 5.56 Å². The third-order valence-corrected chi connectivity index (χ3v) is 2.99. The van der Waals surface area contributed by atoms with Gasteiger partial charge in [-0.3, -0.25) is 4.99 Å². The number of nitrogens with one attached hydrogen (secondary N) is 2. The Morgan fingerprint density at radius 2 is 1.95 bits per heavy atom. The molecule has 0 aliphatic carbocycles. The summed E-state index contributed by atoms with van der Waals surface area (Å²) in [7, 11) is 5.59.